The first kappa shape index (κ1) is 10.2. The van der Waals surface area contributed by atoms with Crippen LogP contribution in [-0.4, -0.2) is 23.1 Å². The Bertz CT molecular complexity index is 105. The van der Waals surface area contributed by atoms with Crippen LogP contribution >= 0.6 is 0 Å². The Balaban J connectivity index is 1.91. The normalized spacial score (nSPS) is 20.8. The molecular weight excluding hydrogens is 166 g/mol. The van der Waals surface area contributed by atoms with Gasteiger partial charge in [-0.3, -0.25) is 0 Å². The molecule has 2 nitrogen and oxygen atoms in total. The lowest BCUT2D eigenvalue weighted by atomic mass is 9.90. The van der Waals surface area contributed by atoms with E-state index in [9.17, 15) is 0 Å². The highest BCUT2D eigenvalue weighted by molar-refractivity contribution is 6.23. The maximum atomic E-state index is 5.64. The highest BCUT2D eigenvalue weighted by atomic mass is 28.2. The highest BCUT2D eigenvalue weighted by Crippen LogP contribution is 2.23. The molecular formula is C9H21NOSi. The fraction of sp³-hybridized carbons (Fsp3) is 1.00. The lowest BCUT2D eigenvalue weighted by molar-refractivity contribution is 0.213. The summed E-state index contributed by atoms with van der Waals surface area (Å²) in [5, 5.41) is 0. The summed E-state index contributed by atoms with van der Waals surface area (Å²) < 4.78 is 5.64. The van der Waals surface area contributed by atoms with E-state index in [1.54, 1.807) is 0 Å². The third-order valence-corrected chi connectivity index (χ3v) is 3.68. The zero-order valence-electron chi connectivity index (χ0n) is 8.14. The smallest absolute Gasteiger partial charge is 0.235 e. The van der Waals surface area contributed by atoms with Crippen LogP contribution < -0.4 is 4.98 Å². The molecule has 1 aliphatic carbocycles. The van der Waals surface area contributed by atoms with E-state index in [0.717, 1.165) is 19.1 Å². The van der Waals surface area contributed by atoms with E-state index in [4.69, 9.17) is 4.43 Å². The van der Waals surface area contributed by atoms with Gasteiger partial charge in [-0.15, -0.1) is 0 Å². The minimum Gasteiger partial charge on any atom is -0.408 e. The Morgan fingerprint density at radius 1 is 1.33 bits per heavy atom. The molecule has 1 aliphatic rings. The summed E-state index contributed by atoms with van der Waals surface area (Å²) in [5.74, 6) is 0.880. The molecule has 0 amide bonds. The van der Waals surface area contributed by atoms with Crippen molar-refractivity contribution < 1.29 is 4.43 Å². The molecule has 0 aromatic heterocycles. The van der Waals surface area contributed by atoms with Crippen LogP contribution in [0.3, 0.4) is 0 Å². The Labute approximate surface area is 78.1 Å². The summed E-state index contributed by atoms with van der Waals surface area (Å²) >= 11 is 0. The fourth-order valence-electron chi connectivity index (χ4n) is 1.75. The predicted molar refractivity (Wildman–Crippen MR) is 54.7 cm³/mol. The van der Waals surface area contributed by atoms with Gasteiger partial charge < -0.3 is 9.41 Å². The predicted octanol–water partition coefficient (Wildman–Crippen LogP) is 1.19. The van der Waals surface area contributed by atoms with Crippen molar-refractivity contribution in [2.75, 3.05) is 13.2 Å². The standard InChI is InChI=1S/C9H21NOSi/c1-2-10-12-11-8-9-6-4-3-5-7-9/h9-10H,2-8,12H2,1H3. The summed E-state index contributed by atoms with van der Waals surface area (Å²) in [5.41, 5.74) is 0. The Hall–Kier alpha value is 0.137. The van der Waals surface area contributed by atoms with Crippen LogP contribution in [0, 0.1) is 5.92 Å². The van der Waals surface area contributed by atoms with E-state index >= 15 is 0 Å². The third-order valence-electron chi connectivity index (χ3n) is 2.53. The van der Waals surface area contributed by atoms with Crippen molar-refractivity contribution in [1.29, 1.82) is 0 Å². The van der Waals surface area contributed by atoms with Crippen molar-refractivity contribution in [2.45, 2.75) is 39.0 Å². The largest absolute Gasteiger partial charge is 0.408 e. The summed E-state index contributed by atoms with van der Waals surface area (Å²) in [6.45, 7) is 4.23. The first-order valence-corrected chi connectivity index (χ1v) is 6.50. The van der Waals surface area contributed by atoms with E-state index in [1.165, 1.54) is 32.1 Å². The molecule has 0 radical (unpaired) electrons. The molecule has 0 bridgehead atoms. The topological polar surface area (TPSA) is 21.3 Å². The van der Waals surface area contributed by atoms with E-state index in [-0.39, 0.29) is 9.92 Å². The highest BCUT2D eigenvalue weighted by Gasteiger charge is 2.12. The molecule has 1 N–H and O–H groups in total. The summed E-state index contributed by atoms with van der Waals surface area (Å²) in [7, 11) is -0.384. The molecule has 72 valence electrons. The van der Waals surface area contributed by atoms with Gasteiger partial charge >= 0.3 is 0 Å². The minimum atomic E-state index is -0.384. The lowest BCUT2D eigenvalue weighted by Crippen LogP contribution is -2.24. The summed E-state index contributed by atoms with van der Waals surface area (Å²) in [4.78, 5) is 3.30. The molecule has 0 atom stereocenters. The van der Waals surface area contributed by atoms with Crippen molar-refractivity contribution in [3.05, 3.63) is 0 Å². The van der Waals surface area contributed by atoms with E-state index in [0.29, 0.717) is 0 Å². The van der Waals surface area contributed by atoms with Gasteiger partial charge in [0.1, 0.15) is 0 Å². The average molecular weight is 187 g/mol. The quantitative estimate of drug-likeness (QED) is 0.516. The van der Waals surface area contributed by atoms with Crippen LogP contribution in [0.1, 0.15) is 39.0 Å². The molecule has 3 heteroatoms. The van der Waals surface area contributed by atoms with Gasteiger partial charge in [-0.05, 0) is 25.3 Å². The van der Waals surface area contributed by atoms with Crippen LogP contribution in [-0.2, 0) is 4.43 Å². The first-order valence-electron chi connectivity index (χ1n) is 5.22. The number of hydrogen-bond donors (Lipinski definition) is 1. The van der Waals surface area contributed by atoms with E-state index < -0.39 is 0 Å². The van der Waals surface area contributed by atoms with Crippen LogP contribution in [0.2, 0.25) is 0 Å². The number of nitrogens with one attached hydrogen (secondary N) is 1. The molecule has 0 saturated heterocycles. The first-order chi connectivity index (χ1) is 5.93. The van der Waals surface area contributed by atoms with Crippen molar-refractivity contribution in [3.63, 3.8) is 0 Å². The number of hydrogen-bond acceptors (Lipinski definition) is 2. The van der Waals surface area contributed by atoms with Gasteiger partial charge in [0.05, 0.1) is 0 Å². The zero-order chi connectivity index (χ0) is 8.65. The zero-order valence-corrected chi connectivity index (χ0v) is 9.56. The Morgan fingerprint density at radius 3 is 2.75 bits per heavy atom. The van der Waals surface area contributed by atoms with Crippen LogP contribution in [0.5, 0.6) is 0 Å². The van der Waals surface area contributed by atoms with Gasteiger partial charge in [0.2, 0.25) is 9.92 Å². The molecule has 0 aliphatic heterocycles. The van der Waals surface area contributed by atoms with Crippen molar-refractivity contribution in [2.24, 2.45) is 5.92 Å². The molecule has 12 heavy (non-hydrogen) atoms. The fourth-order valence-corrected chi connectivity index (χ4v) is 2.55. The Morgan fingerprint density at radius 2 is 2.08 bits per heavy atom. The molecule has 0 aromatic carbocycles. The monoisotopic (exact) mass is 187 g/mol. The molecule has 0 spiro atoms. The molecule has 1 fully saturated rings. The van der Waals surface area contributed by atoms with Gasteiger partial charge in [-0.2, -0.15) is 0 Å². The van der Waals surface area contributed by atoms with Gasteiger partial charge in [0.15, 0.2) is 0 Å². The van der Waals surface area contributed by atoms with Crippen LogP contribution in [0.15, 0.2) is 0 Å². The van der Waals surface area contributed by atoms with E-state index in [2.05, 4.69) is 11.9 Å². The average Bonchev–Trinajstić information content (AvgIpc) is 2.14. The van der Waals surface area contributed by atoms with Gasteiger partial charge in [0.25, 0.3) is 0 Å². The third kappa shape index (κ3) is 4.23. The second kappa shape index (κ2) is 6.63. The lowest BCUT2D eigenvalue weighted by Gasteiger charge is -2.21. The summed E-state index contributed by atoms with van der Waals surface area (Å²) in [6, 6.07) is 0. The molecule has 0 aromatic rings. The number of rotatable bonds is 5. The van der Waals surface area contributed by atoms with Crippen molar-refractivity contribution in [3.8, 4) is 0 Å². The summed E-state index contributed by atoms with van der Waals surface area (Å²) in [6.07, 6.45) is 7.11. The van der Waals surface area contributed by atoms with E-state index in [1.807, 2.05) is 0 Å². The maximum Gasteiger partial charge on any atom is 0.235 e. The second-order valence-electron chi connectivity index (χ2n) is 3.62. The minimum absolute atomic E-state index is 0.384. The second-order valence-corrected chi connectivity index (χ2v) is 4.82. The van der Waals surface area contributed by atoms with Crippen LogP contribution in [0.4, 0.5) is 0 Å². The molecule has 1 saturated carbocycles. The van der Waals surface area contributed by atoms with Crippen molar-refractivity contribution in [1.82, 2.24) is 4.98 Å². The molecule has 0 heterocycles. The van der Waals surface area contributed by atoms with Gasteiger partial charge in [-0.25, -0.2) is 0 Å². The molecule has 1 rings (SSSR count). The van der Waals surface area contributed by atoms with Gasteiger partial charge in [0, 0.05) is 6.61 Å². The molecule has 0 unspecified atom stereocenters. The SMILES string of the molecule is CCN[SiH2]OCC1CCCCC1. The maximum absolute atomic E-state index is 5.64. The van der Waals surface area contributed by atoms with Gasteiger partial charge in [-0.1, -0.05) is 26.2 Å². The van der Waals surface area contributed by atoms with Crippen LogP contribution in [0.25, 0.3) is 0 Å². The van der Waals surface area contributed by atoms with Crippen molar-refractivity contribution >= 4 is 9.92 Å². The Kier molecular flexibility index (Phi) is 5.65.